The lowest BCUT2D eigenvalue weighted by Crippen LogP contribution is -2.50. The van der Waals surface area contributed by atoms with Crippen molar-refractivity contribution in [1.29, 1.82) is 0 Å². The minimum atomic E-state index is -5.84. The lowest BCUT2D eigenvalue weighted by molar-refractivity contribution is -0.282. The number of primary amides is 1. The number of halogens is 5. The predicted octanol–water partition coefficient (Wildman–Crippen LogP) is 2.81. The van der Waals surface area contributed by atoms with Crippen LogP contribution < -0.4 is 5.73 Å². The molecule has 0 fully saturated rings. The minimum absolute atomic E-state index is 0.212. The van der Waals surface area contributed by atoms with Gasteiger partial charge in [0.25, 0.3) is 0 Å². The number of carbonyl (C=O) groups is 1. The van der Waals surface area contributed by atoms with Crippen LogP contribution in [-0.4, -0.2) is 36.9 Å². The first-order chi connectivity index (χ1) is 9.71. The molecular weight excluding hydrogens is 333 g/mol. The molecule has 22 heavy (non-hydrogen) atoms. The molecule has 1 amide bonds. The summed E-state index contributed by atoms with van der Waals surface area (Å²) < 4.78 is 83.9. The number of hydrogen-bond acceptors (Lipinski definition) is 3. The first-order valence-corrected chi connectivity index (χ1v) is 8.33. The van der Waals surface area contributed by atoms with Gasteiger partial charge in [-0.2, -0.15) is 22.0 Å². The summed E-state index contributed by atoms with van der Waals surface area (Å²) in [6, 6.07) is 0. The molecule has 132 valence electrons. The van der Waals surface area contributed by atoms with E-state index in [4.69, 9.17) is 5.73 Å². The van der Waals surface area contributed by atoms with Crippen LogP contribution in [0.15, 0.2) is 0 Å². The summed E-state index contributed by atoms with van der Waals surface area (Å²) in [7, 11) is -4.55. The summed E-state index contributed by atoms with van der Waals surface area (Å²) in [4.78, 5) is 11.4. The lowest BCUT2D eigenvalue weighted by atomic mass is 10.0. The summed E-state index contributed by atoms with van der Waals surface area (Å²) in [5.74, 6) is -7.86. The summed E-state index contributed by atoms with van der Waals surface area (Å²) in [5.41, 5.74) is 5.04. The maximum atomic E-state index is 12.9. The Morgan fingerprint density at radius 1 is 1.05 bits per heavy atom. The van der Waals surface area contributed by atoms with Crippen molar-refractivity contribution in [3.05, 3.63) is 0 Å². The molecule has 1 unspecified atom stereocenters. The predicted molar refractivity (Wildman–Crippen MR) is 71.1 cm³/mol. The molecule has 0 saturated heterocycles. The highest BCUT2D eigenvalue weighted by Crippen LogP contribution is 2.39. The third-order valence-electron chi connectivity index (χ3n) is 3.56. The van der Waals surface area contributed by atoms with Crippen molar-refractivity contribution in [3.63, 3.8) is 0 Å². The molecule has 0 saturated carbocycles. The second kappa shape index (κ2) is 7.10. The van der Waals surface area contributed by atoms with E-state index in [0.717, 1.165) is 6.92 Å². The van der Waals surface area contributed by atoms with Crippen molar-refractivity contribution in [2.75, 3.05) is 5.75 Å². The van der Waals surface area contributed by atoms with E-state index in [2.05, 4.69) is 0 Å². The average molecular weight is 353 g/mol. The van der Waals surface area contributed by atoms with Crippen LogP contribution in [0.5, 0.6) is 0 Å². The molecule has 0 aliphatic carbocycles. The molecule has 0 aliphatic rings. The van der Waals surface area contributed by atoms with Gasteiger partial charge in [0.15, 0.2) is 9.84 Å². The fourth-order valence-electron chi connectivity index (χ4n) is 1.77. The molecule has 10 heteroatoms. The van der Waals surface area contributed by atoms with Gasteiger partial charge in [-0.15, -0.1) is 0 Å². The molecule has 0 bridgehead atoms. The van der Waals surface area contributed by atoms with Crippen LogP contribution in [0.3, 0.4) is 0 Å². The van der Waals surface area contributed by atoms with Gasteiger partial charge in [-0.1, -0.05) is 26.2 Å². The SMILES string of the molecule is CCCCCC(C)(C(N)=O)S(=O)(=O)CCC(F)(F)C(F)(F)F. The van der Waals surface area contributed by atoms with E-state index in [1.807, 2.05) is 6.92 Å². The van der Waals surface area contributed by atoms with E-state index >= 15 is 0 Å². The first kappa shape index (κ1) is 21.1. The molecule has 0 aromatic heterocycles. The molecule has 1 atom stereocenters. The van der Waals surface area contributed by atoms with Crippen molar-refractivity contribution >= 4 is 15.7 Å². The maximum Gasteiger partial charge on any atom is 0.453 e. The standard InChI is InChI=1S/C12H20F5NO3S/c1-3-4-5-6-10(2,9(18)19)22(20,21)8-7-11(13,14)12(15,16)17/h3-8H2,1-2H3,(H2,18,19). The largest absolute Gasteiger partial charge is 0.453 e. The van der Waals surface area contributed by atoms with Crippen molar-refractivity contribution < 1.29 is 35.2 Å². The highest BCUT2D eigenvalue weighted by Gasteiger charge is 2.58. The first-order valence-electron chi connectivity index (χ1n) is 6.68. The lowest BCUT2D eigenvalue weighted by Gasteiger charge is -2.27. The highest BCUT2D eigenvalue weighted by atomic mass is 32.2. The number of hydrogen-bond donors (Lipinski definition) is 1. The zero-order chi connectivity index (χ0) is 17.8. The molecule has 0 aliphatic heterocycles. The third-order valence-corrected chi connectivity index (χ3v) is 6.08. The van der Waals surface area contributed by atoms with Gasteiger partial charge < -0.3 is 5.73 Å². The van der Waals surface area contributed by atoms with Crippen molar-refractivity contribution in [1.82, 2.24) is 0 Å². The Labute approximate surface area is 126 Å². The second-order valence-corrected chi connectivity index (χ2v) is 7.86. The summed E-state index contributed by atoms with van der Waals surface area (Å²) in [6.45, 7) is 2.78. The van der Waals surface area contributed by atoms with Crippen LogP contribution in [-0.2, 0) is 14.6 Å². The molecule has 0 aromatic carbocycles. The molecule has 0 spiro atoms. The number of sulfone groups is 1. The Morgan fingerprint density at radius 2 is 1.55 bits per heavy atom. The van der Waals surface area contributed by atoms with Crippen molar-refractivity contribution in [3.8, 4) is 0 Å². The Kier molecular flexibility index (Phi) is 6.80. The molecule has 2 N–H and O–H groups in total. The monoisotopic (exact) mass is 353 g/mol. The van der Waals surface area contributed by atoms with Crippen LogP contribution in [0.4, 0.5) is 22.0 Å². The number of alkyl halides is 5. The Balaban J connectivity index is 5.20. The number of rotatable bonds is 9. The van der Waals surface area contributed by atoms with E-state index in [9.17, 15) is 35.2 Å². The van der Waals surface area contributed by atoms with Gasteiger partial charge in [0.05, 0.1) is 5.75 Å². The molecule has 4 nitrogen and oxygen atoms in total. The van der Waals surface area contributed by atoms with E-state index in [1.54, 1.807) is 0 Å². The zero-order valence-electron chi connectivity index (χ0n) is 12.3. The summed E-state index contributed by atoms with van der Waals surface area (Å²) in [5, 5.41) is 0. The topological polar surface area (TPSA) is 77.2 Å². The minimum Gasteiger partial charge on any atom is -0.368 e. The third kappa shape index (κ3) is 4.79. The molecule has 0 radical (unpaired) electrons. The van der Waals surface area contributed by atoms with Gasteiger partial charge in [-0.25, -0.2) is 8.42 Å². The van der Waals surface area contributed by atoms with Crippen LogP contribution >= 0.6 is 0 Å². The van der Waals surface area contributed by atoms with Gasteiger partial charge in [-0.3, -0.25) is 4.79 Å². The van der Waals surface area contributed by atoms with Gasteiger partial charge in [-0.05, 0) is 13.3 Å². The van der Waals surface area contributed by atoms with E-state index in [-0.39, 0.29) is 6.42 Å². The number of amides is 1. The van der Waals surface area contributed by atoms with Gasteiger partial charge in [0.2, 0.25) is 5.91 Å². The quantitative estimate of drug-likeness (QED) is 0.511. The van der Waals surface area contributed by atoms with Gasteiger partial charge in [0, 0.05) is 6.42 Å². The van der Waals surface area contributed by atoms with Crippen molar-refractivity contribution in [2.24, 2.45) is 5.73 Å². The Hall–Kier alpha value is -0.930. The summed E-state index contributed by atoms with van der Waals surface area (Å²) in [6.07, 6.45) is -6.40. The number of nitrogens with two attached hydrogens (primary N) is 1. The van der Waals surface area contributed by atoms with E-state index in [1.165, 1.54) is 0 Å². The van der Waals surface area contributed by atoms with Crippen molar-refractivity contribution in [2.45, 2.75) is 62.8 Å². The fourth-order valence-corrected chi connectivity index (χ4v) is 3.51. The smallest absolute Gasteiger partial charge is 0.368 e. The number of unbranched alkanes of at least 4 members (excludes halogenated alkanes) is 2. The number of carbonyl (C=O) groups excluding carboxylic acids is 1. The van der Waals surface area contributed by atoms with E-state index in [0.29, 0.717) is 19.3 Å². The Morgan fingerprint density at radius 3 is 1.91 bits per heavy atom. The highest BCUT2D eigenvalue weighted by molar-refractivity contribution is 7.93. The average Bonchev–Trinajstić information content (AvgIpc) is 2.35. The second-order valence-electron chi connectivity index (χ2n) is 5.32. The van der Waals surface area contributed by atoms with Crippen LogP contribution in [0.2, 0.25) is 0 Å². The zero-order valence-corrected chi connectivity index (χ0v) is 13.2. The van der Waals surface area contributed by atoms with Crippen LogP contribution in [0.25, 0.3) is 0 Å². The van der Waals surface area contributed by atoms with Gasteiger partial charge >= 0.3 is 12.1 Å². The maximum absolute atomic E-state index is 12.9. The molecule has 0 aromatic rings. The molecular formula is C12H20F5NO3S. The van der Waals surface area contributed by atoms with Crippen LogP contribution in [0, 0.1) is 0 Å². The molecule has 0 rings (SSSR count). The van der Waals surface area contributed by atoms with Crippen LogP contribution in [0.1, 0.15) is 46.0 Å². The normalized spacial score (nSPS) is 16.3. The van der Waals surface area contributed by atoms with Gasteiger partial charge in [0.1, 0.15) is 4.75 Å². The molecule has 0 heterocycles. The Bertz CT molecular complexity index is 489. The fraction of sp³-hybridized carbons (Fsp3) is 0.917. The summed E-state index contributed by atoms with van der Waals surface area (Å²) >= 11 is 0. The van der Waals surface area contributed by atoms with E-state index < -0.39 is 44.8 Å².